The summed E-state index contributed by atoms with van der Waals surface area (Å²) in [5.41, 5.74) is 1.87. The van der Waals surface area contributed by atoms with E-state index in [9.17, 15) is 14.3 Å². The molecule has 0 radical (unpaired) electrons. The molecule has 0 aliphatic carbocycles. The summed E-state index contributed by atoms with van der Waals surface area (Å²) in [5, 5.41) is 12.4. The van der Waals surface area contributed by atoms with Gasteiger partial charge in [-0.3, -0.25) is 4.79 Å². The number of ether oxygens (including phenoxy) is 1. The number of amides is 1. The molecule has 6 heteroatoms. The summed E-state index contributed by atoms with van der Waals surface area (Å²) in [6, 6.07) is 9.30. The second-order valence-corrected chi connectivity index (χ2v) is 5.74. The average Bonchev–Trinajstić information content (AvgIpc) is 2.59. The number of morpholine rings is 1. The van der Waals surface area contributed by atoms with E-state index < -0.39 is 11.7 Å². The molecule has 1 fully saturated rings. The lowest BCUT2D eigenvalue weighted by Crippen LogP contribution is -2.36. The second-order valence-electron chi connectivity index (χ2n) is 5.74. The second kappa shape index (κ2) is 6.88. The van der Waals surface area contributed by atoms with Gasteiger partial charge in [0.2, 0.25) is 0 Å². The fourth-order valence-electron chi connectivity index (χ4n) is 2.65. The van der Waals surface area contributed by atoms with Gasteiger partial charge in [-0.25, -0.2) is 4.39 Å². The number of phenols is 1. The molecule has 24 heavy (non-hydrogen) atoms. The third-order valence-electron chi connectivity index (χ3n) is 3.96. The smallest absolute Gasteiger partial charge is 0.255 e. The molecule has 1 amide bonds. The number of carbonyl (C=O) groups excluding carboxylic acids is 1. The minimum Gasteiger partial charge on any atom is -0.506 e. The highest BCUT2D eigenvalue weighted by atomic mass is 19.1. The molecule has 5 nitrogen and oxygen atoms in total. The van der Waals surface area contributed by atoms with Gasteiger partial charge in [0.1, 0.15) is 11.6 Å². The molecule has 2 aromatic rings. The lowest BCUT2D eigenvalue weighted by atomic mass is 10.1. The summed E-state index contributed by atoms with van der Waals surface area (Å²) < 4.78 is 19.6. The zero-order valence-corrected chi connectivity index (χ0v) is 13.4. The SMILES string of the molecule is Cc1ccc(O)c(NC(=O)c2ccc(N3CCOCC3)c(F)c2)c1. The Morgan fingerprint density at radius 1 is 1.21 bits per heavy atom. The van der Waals surface area contributed by atoms with Crippen molar-refractivity contribution in [2.45, 2.75) is 6.92 Å². The first-order valence-electron chi connectivity index (χ1n) is 7.78. The molecule has 2 N–H and O–H groups in total. The van der Waals surface area contributed by atoms with Crippen LogP contribution in [0.1, 0.15) is 15.9 Å². The van der Waals surface area contributed by atoms with Gasteiger partial charge in [-0.05, 0) is 42.8 Å². The largest absolute Gasteiger partial charge is 0.506 e. The third-order valence-corrected chi connectivity index (χ3v) is 3.96. The number of halogens is 1. The molecule has 0 unspecified atom stereocenters. The van der Waals surface area contributed by atoms with Crippen LogP contribution < -0.4 is 10.2 Å². The van der Waals surface area contributed by atoms with Gasteiger partial charge in [-0.1, -0.05) is 6.07 Å². The molecule has 1 heterocycles. The molecular weight excluding hydrogens is 311 g/mol. The molecule has 0 atom stereocenters. The van der Waals surface area contributed by atoms with Crippen molar-refractivity contribution in [1.29, 1.82) is 0 Å². The van der Waals surface area contributed by atoms with Gasteiger partial charge in [-0.2, -0.15) is 0 Å². The molecule has 126 valence electrons. The van der Waals surface area contributed by atoms with E-state index in [1.165, 1.54) is 12.1 Å². The van der Waals surface area contributed by atoms with Crippen LogP contribution in [-0.4, -0.2) is 37.3 Å². The molecule has 1 aliphatic rings. The van der Waals surface area contributed by atoms with E-state index >= 15 is 0 Å². The number of hydrogen-bond acceptors (Lipinski definition) is 4. The number of hydrogen-bond donors (Lipinski definition) is 2. The van der Waals surface area contributed by atoms with Crippen LogP contribution in [0.4, 0.5) is 15.8 Å². The zero-order chi connectivity index (χ0) is 17.1. The van der Waals surface area contributed by atoms with Gasteiger partial charge < -0.3 is 20.1 Å². The minimum absolute atomic E-state index is 0.0284. The van der Waals surface area contributed by atoms with E-state index in [1.807, 2.05) is 11.8 Å². The van der Waals surface area contributed by atoms with E-state index in [0.29, 0.717) is 37.7 Å². The monoisotopic (exact) mass is 330 g/mol. The first-order chi connectivity index (χ1) is 11.5. The molecule has 1 saturated heterocycles. The summed E-state index contributed by atoms with van der Waals surface area (Å²) in [6.45, 7) is 4.23. The zero-order valence-electron chi connectivity index (χ0n) is 13.4. The van der Waals surface area contributed by atoms with Gasteiger partial charge in [0.15, 0.2) is 0 Å². The summed E-state index contributed by atoms with van der Waals surface area (Å²) in [7, 11) is 0. The van der Waals surface area contributed by atoms with Crippen LogP contribution in [0.5, 0.6) is 5.75 Å². The maximum atomic E-state index is 14.4. The lowest BCUT2D eigenvalue weighted by Gasteiger charge is -2.29. The summed E-state index contributed by atoms with van der Waals surface area (Å²) in [5.74, 6) is -0.944. The Balaban J connectivity index is 1.78. The highest BCUT2D eigenvalue weighted by Gasteiger charge is 2.17. The minimum atomic E-state index is -0.469. The topological polar surface area (TPSA) is 61.8 Å². The standard InChI is InChI=1S/C18H19FN2O3/c1-12-2-5-17(22)15(10-12)20-18(23)13-3-4-16(14(19)11-13)21-6-8-24-9-7-21/h2-5,10-11,22H,6-9H2,1H3,(H,20,23). The Morgan fingerprint density at radius 3 is 2.67 bits per heavy atom. The van der Waals surface area contributed by atoms with Crippen LogP contribution in [0.15, 0.2) is 36.4 Å². The molecule has 3 rings (SSSR count). The molecule has 2 aromatic carbocycles. The van der Waals surface area contributed by atoms with Crippen LogP contribution in [0.25, 0.3) is 0 Å². The van der Waals surface area contributed by atoms with Crippen LogP contribution in [0.2, 0.25) is 0 Å². The van der Waals surface area contributed by atoms with Gasteiger partial charge in [0.05, 0.1) is 24.6 Å². The summed E-state index contributed by atoms with van der Waals surface area (Å²) in [4.78, 5) is 14.2. The summed E-state index contributed by atoms with van der Waals surface area (Å²) >= 11 is 0. The van der Waals surface area contributed by atoms with E-state index in [4.69, 9.17) is 4.74 Å². The Bertz CT molecular complexity index is 758. The predicted molar refractivity (Wildman–Crippen MR) is 90.2 cm³/mol. The van der Waals surface area contributed by atoms with E-state index in [0.717, 1.165) is 5.56 Å². The van der Waals surface area contributed by atoms with Crippen molar-refractivity contribution in [2.24, 2.45) is 0 Å². The Morgan fingerprint density at radius 2 is 1.96 bits per heavy atom. The number of aromatic hydroxyl groups is 1. The third kappa shape index (κ3) is 3.49. The number of phenolic OH excluding ortho intramolecular Hbond substituents is 1. The first-order valence-corrected chi connectivity index (χ1v) is 7.78. The van der Waals surface area contributed by atoms with Crippen molar-refractivity contribution < 1.29 is 19.0 Å². The van der Waals surface area contributed by atoms with Crippen LogP contribution in [-0.2, 0) is 4.74 Å². The molecule has 0 bridgehead atoms. The van der Waals surface area contributed by atoms with Gasteiger partial charge in [0, 0.05) is 18.7 Å². The van der Waals surface area contributed by atoms with Gasteiger partial charge in [-0.15, -0.1) is 0 Å². The van der Waals surface area contributed by atoms with E-state index in [1.54, 1.807) is 24.3 Å². The van der Waals surface area contributed by atoms with Crippen molar-refractivity contribution in [3.63, 3.8) is 0 Å². The number of carbonyl (C=O) groups is 1. The predicted octanol–water partition coefficient (Wildman–Crippen LogP) is 2.93. The maximum Gasteiger partial charge on any atom is 0.255 e. The number of nitrogens with one attached hydrogen (secondary N) is 1. The molecular formula is C18H19FN2O3. The fraction of sp³-hybridized carbons (Fsp3) is 0.278. The van der Waals surface area contributed by atoms with Crippen LogP contribution >= 0.6 is 0 Å². The van der Waals surface area contributed by atoms with E-state index in [2.05, 4.69) is 5.32 Å². The van der Waals surface area contributed by atoms with Gasteiger partial charge >= 0.3 is 0 Å². The molecule has 0 spiro atoms. The average molecular weight is 330 g/mol. The number of benzene rings is 2. The Labute approximate surface area is 139 Å². The highest BCUT2D eigenvalue weighted by Crippen LogP contribution is 2.26. The highest BCUT2D eigenvalue weighted by molar-refractivity contribution is 6.05. The van der Waals surface area contributed by atoms with Crippen molar-refractivity contribution in [3.05, 3.63) is 53.3 Å². The summed E-state index contributed by atoms with van der Waals surface area (Å²) in [6.07, 6.45) is 0. The van der Waals surface area contributed by atoms with Crippen molar-refractivity contribution in [3.8, 4) is 5.75 Å². The van der Waals surface area contributed by atoms with Crippen molar-refractivity contribution in [1.82, 2.24) is 0 Å². The number of nitrogens with zero attached hydrogens (tertiary/aromatic N) is 1. The molecule has 1 aliphatic heterocycles. The van der Waals surface area contributed by atoms with Crippen LogP contribution in [0, 0.1) is 12.7 Å². The molecule has 0 saturated carbocycles. The Kier molecular flexibility index (Phi) is 4.66. The van der Waals surface area contributed by atoms with Crippen LogP contribution in [0.3, 0.4) is 0 Å². The first kappa shape index (κ1) is 16.3. The Hall–Kier alpha value is -2.60. The van der Waals surface area contributed by atoms with E-state index in [-0.39, 0.29) is 11.3 Å². The number of aryl methyl sites for hydroxylation is 1. The lowest BCUT2D eigenvalue weighted by molar-refractivity contribution is 0.102. The number of rotatable bonds is 3. The normalized spacial score (nSPS) is 14.5. The van der Waals surface area contributed by atoms with Crippen molar-refractivity contribution in [2.75, 3.05) is 36.5 Å². The van der Waals surface area contributed by atoms with Crippen molar-refractivity contribution >= 4 is 17.3 Å². The van der Waals surface area contributed by atoms with Gasteiger partial charge in [0.25, 0.3) is 5.91 Å². The quantitative estimate of drug-likeness (QED) is 0.850. The fourth-order valence-corrected chi connectivity index (χ4v) is 2.65. The maximum absolute atomic E-state index is 14.4. The molecule has 0 aromatic heterocycles. The number of anilines is 2.